The van der Waals surface area contributed by atoms with Crippen LogP contribution in [0.3, 0.4) is 0 Å². The predicted molar refractivity (Wildman–Crippen MR) is 63.5 cm³/mol. The van der Waals surface area contributed by atoms with Crippen LogP contribution in [0.1, 0.15) is 12.8 Å². The summed E-state index contributed by atoms with van der Waals surface area (Å²) in [6.45, 7) is 0. The molecule has 0 aromatic rings. The van der Waals surface area contributed by atoms with E-state index in [0.29, 0.717) is 0 Å². The number of hydroxylamine groups is 4. The summed E-state index contributed by atoms with van der Waals surface area (Å²) in [5.41, 5.74) is 0. The maximum Gasteiger partial charge on any atom is 1.00 e. The summed E-state index contributed by atoms with van der Waals surface area (Å²) in [6.07, 6.45) is -1.55. The van der Waals surface area contributed by atoms with Gasteiger partial charge in [0, 0.05) is 0 Å². The number of imide groups is 2. The Morgan fingerprint density at radius 1 is 0.731 bits per heavy atom. The van der Waals surface area contributed by atoms with E-state index in [-0.39, 0.29) is 69.2 Å². The molecule has 2 aliphatic heterocycles. The van der Waals surface area contributed by atoms with Crippen LogP contribution in [-0.2, 0) is 39.4 Å². The molecule has 0 aliphatic carbocycles. The number of hydrogen-bond acceptors (Lipinski definition) is 12. The Morgan fingerprint density at radius 2 is 0.962 bits per heavy atom. The second-order valence-corrected chi connectivity index (χ2v) is 7.57. The molecule has 0 aromatic carbocycles. The third-order valence-electron chi connectivity index (χ3n) is 2.86. The Labute approximate surface area is 190 Å². The van der Waals surface area contributed by atoms with Gasteiger partial charge in [-0.3, -0.25) is 29.6 Å². The van der Waals surface area contributed by atoms with Gasteiger partial charge in [-0.05, 0) is 0 Å². The van der Waals surface area contributed by atoms with Crippen LogP contribution in [0.4, 0.5) is 0 Å². The van der Waals surface area contributed by atoms with Gasteiger partial charge < -0.3 is 9.11 Å². The van der Waals surface area contributed by atoms with Crippen molar-refractivity contribution in [2.24, 2.45) is 0 Å². The second kappa shape index (κ2) is 9.99. The van der Waals surface area contributed by atoms with E-state index in [4.69, 9.17) is 10.4 Å². The summed E-state index contributed by atoms with van der Waals surface area (Å²) >= 11 is 0. The quantitative estimate of drug-likeness (QED) is 0.179. The third kappa shape index (κ3) is 6.57. The molecule has 136 valence electrons. The van der Waals surface area contributed by atoms with Crippen molar-refractivity contribution in [3.63, 3.8) is 0 Å². The molecule has 26 heavy (non-hydrogen) atoms. The van der Waals surface area contributed by atoms with Gasteiger partial charge in [-0.1, -0.05) is 0 Å². The minimum Gasteiger partial charge on any atom is -0.747 e. The molecule has 14 nitrogen and oxygen atoms in total. The molecule has 0 saturated carbocycles. The van der Waals surface area contributed by atoms with E-state index in [2.05, 4.69) is 0 Å². The molecule has 18 heteroatoms. The first kappa shape index (κ1) is 28.2. The average Bonchev–Trinajstić information content (AvgIpc) is 2.84. The molecule has 0 radical (unpaired) electrons. The number of carbonyl (C=O) groups excluding carboxylic acids is 4. The van der Waals surface area contributed by atoms with Crippen molar-refractivity contribution in [1.29, 1.82) is 0 Å². The van der Waals surface area contributed by atoms with Crippen molar-refractivity contribution in [3.05, 3.63) is 0 Å². The standard InChI is InChI=1S/2C4H5NO6S.2Na/c2*6-3-1-2(12(9,10)11)4(7)5(3)8;;/h2*2,8H,1H2,(H,9,10,11);;/q;;2*+1/p-2. The van der Waals surface area contributed by atoms with Gasteiger partial charge in [-0.15, -0.1) is 0 Å². The van der Waals surface area contributed by atoms with Crippen molar-refractivity contribution in [2.75, 3.05) is 0 Å². The van der Waals surface area contributed by atoms with Gasteiger partial charge in [0.2, 0.25) is 0 Å². The molecular weight excluding hydrogens is 426 g/mol. The van der Waals surface area contributed by atoms with Crippen LogP contribution < -0.4 is 59.1 Å². The molecule has 2 unspecified atom stereocenters. The van der Waals surface area contributed by atoms with Crippen molar-refractivity contribution < 1.29 is 115 Å². The summed E-state index contributed by atoms with van der Waals surface area (Å²) in [6, 6.07) is 0. The molecule has 0 bridgehead atoms. The molecule has 2 saturated heterocycles. The van der Waals surface area contributed by atoms with Crippen LogP contribution in [0.25, 0.3) is 0 Å². The normalized spacial score (nSPS) is 23.2. The first-order chi connectivity index (χ1) is 10.7. The third-order valence-corrected chi connectivity index (χ3v) is 4.99. The monoisotopic (exact) mass is 434 g/mol. The SMILES string of the molecule is O=C1CC(S(=O)(=O)[O-])C(=O)N1O.O=C1CC(S(=O)(=O)[O-])C(=O)N1O.[Na+].[Na+]. The van der Waals surface area contributed by atoms with Crippen molar-refractivity contribution in [3.8, 4) is 0 Å². The van der Waals surface area contributed by atoms with E-state index in [1.807, 2.05) is 0 Å². The maximum absolute atomic E-state index is 10.6. The molecule has 2 N–H and O–H groups in total. The molecule has 0 aromatic heterocycles. The van der Waals surface area contributed by atoms with E-state index in [0.717, 1.165) is 0 Å². The molecule has 0 spiro atoms. The molecule has 2 rings (SSSR count). The van der Waals surface area contributed by atoms with Crippen molar-refractivity contribution in [2.45, 2.75) is 23.3 Å². The number of rotatable bonds is 2. The number of hydrogen-bond donors (Lipinski definition) is 2. The van der Waals surface area contributed by atoms with Gasteiger partial charge in [0.25, 0.3) is 23.6 Å². The fraction of sp³-hybridized carbons (Fsp3) is 0.500. The summed E-state index contributed by atoms with van der Waals surface area (Å²) in [5.74, 6) is -4.92. The first-order valence-electron chi connectivity index (χ1n) is 5.68. The van der Waals surface area contributed by atoms with Gasteiger partial charge in [-0.2, -0.15) is 10.1 Å². The summed E-state index contributed by atoms with van der Waals surface area (Å²) in [5, 5.41) is 12.4. The summed E-state index contributed by atoms with van der Waals surface area (Å²) in [4.78, 5) is 42.3. The zero-order chi connectivity index (χ0) is 19.0. The van der Waals surface area contributed by atoms with Crippen LogP contribution in [0.5, 0.6) is 0 Å². The van der Waals surface area contributed by atoms with Crippen LogP contribution in [0.2, 0.25) is 0 Å². The maximum atomic E-state index is 10.6. The Morgan fingerprint density at radius 3 is 1.04 bits per heavy atom. The van der Waals surface area contributed by atoms with E-state index >= 15 is 0 Å². The van der Waals surface area contributed by atoms with E-state index in [1.165, 1.54) is 0 Å². The van der Waals surface area contributed by atoms with Crippen molar-refractivity contribution in [1.82, 2.24) is 10.1 Å². The number of nitrogens with zero attached hydrogens (tertiary/aromatic N) is 2. The van der Waals surface area contributed by atoms with Gasteiger partial charge in [0.05, 0.1) is 12.8 Å². The van der Waals surface area contributed by atoms with Gasteiger partial charge in [0.1, 0.15) is 30.7 Å². The van der Waals surface area contributed by atoms with Gasteiger partial charge in [0.15, 0.2) is 0 Å². The topological polar surface area (TPSA) is 230 Å². The second-order valence-electron chi connectivity index (χ2n) is 4.46. The zero-order valence-electron chi connectivity index (χ0n) is 13.3. The molecular formula is C8H8N2Na2O12S2. The first-order valence-corrected chi connectivity index (χ1v) is 8.63. The largest absolute Gasteiger partial charge is 1.00 e. The minimum atomic E-state index is -4.84. The van der Waals surface area contributed by atoms with Gasteiger partial charge >= 0.3 is 59.1 Å². The molecule has 4 amide bonds. The Hall–Kier alpha value is 0.0200. The average molecular weight is 434 g/mol. The van der Waals surface area contributed by atoms with Crippen LogP contribution in [0.15, 0.2) is 0 Å². The minimum absolute atomic E-state index is 0. The van der Waals surface area contributed by atoms with Gasteiger partial charge in [-0.25, -0.2) is 16.8 Å². The molecule has 2 fully saturated rings. The Kier molecular flexibility index (Phi) is 10.8. The Balaban J connectivity index is 0. The smallest absolute Gasteiger partial charge is 0.747 e. The molecule has 2 atom stereocenters. The predicted octanol–water partition coefficient (Wildman–Crippen LogP) is -9.90. The number of carbonyl (C=O) groups is 4. The van der Waals surface area contributed by atoms with E-state index in [1.54, 1.807) is 0 Å². The number of amides is 4. The fourth-order valence-electron chi connectivity index (χ4n) is 1.63. The summed E-state index contributed by atoms with van der Waals surface area (Å²) < 4.78 is 61.6. The van der Waals surface area contributed by atoms with E-state index < -0.39 is 67.2 Å². The van der Waals surface area contributed by atoms with Crippen LogP contribution in [-0.4, -0.2) is 80.6 Å². The molecule has 2 heterocycles. The molecule has 2 aliphatic rings. The van der Waals surface area contributed by atoms with E-state index in [9.17, 15) is 45.1 Å². The van der Waals surface area contributed by atoms with Crippen LogP contribution in [0, 0.1) is 0 Å². The van der Waals surface area contributed by atoms with Crippen LogP contribution >= 0.6 is 0 Å². The Bertz CT molecular complexity index is 741. The summed E-state index contributed by atoms with van der Waals surface area (Å²) in [7, 11) is -9.68. The fourth-order valence-corrected chi connectivity index (χ4v) is 3.02. The van der Waals surface area contributed by atoms with Crippen molar-refractivity contribution >= 4 is 43.9 Å². The zero-order valence-corrected chi connectivity index (χ0v) is 18.9.